The normalized spacial score (nSPS) is 14.8. The van der Waals surface area contributed by atoms with Crippen molar-refractivity contribution in [3.63, 3.8) is 0 Å². The highest BCUT2D eigenvalue weighted by atomic mass is 32.1. The van der Waals surface area contributed by atoms with Crippen molar-refractivity contribution in [1.82, 2.24) is 16.0 Å². The fourth-order valence-electron chi connectivity index (χ4n) is 2.35. The number of benzene rings is 1. The Morgan fingerprint density at radius 1 is 1.07 bits per heavy atom. The Balaban J connectivity index is 2.96. The Kier molecular flexibility index (Phi) is 10.1. The van der Waals surface area contributed by atoms with Crippen molar-refractivity contribution in [1.29, 1.82) is 0 Å². The maximum absolute atomic E-state index is 12.8. The third-order valence-corrected chi connectivity index (χ3v) is 4.32. The molecule has 4 unspecified atom stereocenters. The van der Waals surface area contributed by atoms with Gasteiger partial charge in [0, 0.05) is 12.2 Å². The lowest BCUT2D eigenvalue weighted by Crippen LogP contribution is -2.59. The van der Waals surface area contributed by atoms with Crippen LogP contribution < -0.4 is 21.7 Å². The van der Waals surface area contributed by atoms with Gasteiger partial charge in [-0.15, -0.1) is 0 Å². The van der Waals surface area contributed by atoms with Crippen LogP contribution in [0.4, 0.5) is 0 Å². The number of carboxylic acid groups (broad SMARTS) is 1. The largest absolute Gasteiger partial charge is 0.480 e. The second-order valence-corrected chi connectivity index (χ2v) is 6.74. The average Bonchev–Trinajstić information content (AvgIpc) is 2.69. The third-order valence-electron chi connectivity index (χ3n) is 3.93. The second kappa shape index (κ2) is 12.0. The lowest BCUT2D eigenvalue weighted by molar-refractivity contribution is -0.139. The van der Waals surface area contributed by atoms with Crippen molar-refractivity contribution in [2.24, 2.45) is 5.73 Å². The van der Waals surface area contributed by atoms with Gasteiger partial charge in [0.15, 0.2) is 0 Å². The van der Waals surface area contributed by atoms with Gasteiger partial charge in [-0.05, 0) is 12.5 Å². The summed E-state index contributed by atoms with van der Waals surface area (Å²) < 4.78 is 0. The molecule has 1 aromatic rings. The van der Waals surface area contributed by atoms with E-state index in [1.165, 1.54) is 6.92 Å². The molecule has 0 aliphatic heterocycles. The van der Waals surface area contributed by atoms with Gasteiger partial charge in [0.2, 0.25) is 17.7 Å². The predicted molar refractivity (Wildman–Crippen MR) is 108 cm³/mol. The van der Waals surface area contributed by atoms with Crippen LogP contribution in [0.2, 0.25) is 0 Å². The van der Waals surface area contributed by atoms with E-state index in [4.69, 9.17) is 10.8 Å². The van der Waals surface area contributed by atoms with E-state index in [0.29, 0.717) is 0 Å². The van der Waals surface area contributed by atoms with Gasteiger partial charge in [0.25, 0.3) is 0 Å². The smallest absolute Gasteiger partial charge is 0.322 e. The van der Waals surface area contributed by atoms with E-state index in [-0.39, 0.29) is 12.2 Å². The van der Waals surface area contributed by atoms with Crippen LogP contribution in [-0.2, 0) is 25.6 Å². The Hall–Kier alpha value is -2.63. The highest BCUT2D eigenvalue weighted by molar-refractivity contribution is 7.80. The Morgan fingerprint density at radius 3 is 2.21 bits per heavy atom. The van der Waals surface area contributed by atoms with Gasteiger partial charge in [-0.1, -0.05) is 30.3 Å². The number of carbonyl (C=O) groups is 4. The molecule has 3 amide bonds. The monoisotopic (exact) mass is 426 g/mol. The molecule has 160 valence electrons. The summed E-state index contributed by atoms with van der Waals surface area (Å²) in [4.78, 5) is 47.6. The Morgan fingerprint density at radius 2 is 1.69 bits per heavy atom. The van der Waals surface area contributed by atoms with Crippen LogP contribution in [0.15, 0.2) is 30.3 Å². The lowest BCUT2D eigenvalue weighted by Gasteiger charge is -2.25. The first-order chi connectivity index (χ1) is 13.6. The number of aliphatic hydroxyl groups is 1. The topological polar surface area (TPSA) is 171 Å². The third kappa shape index (κ3) is 8.50. The number of aliphatic carboxylic acids is 1. The standard InChI is InChI=1S/C18H26N4O6S/c1-10(23)15(18(28)20-8-14(24)25)22-17(27)13(21-16(26)12(19)9-29)7-11-5-3-2-4-6-11/h2-6,10,12-13,15,23,29H,7-9,19H2,1H3,(H,20,28)(H,21,26)(H,22,27)(H,24,25). The number of hydrogen-bond donors (Lipinski definition) is 7. The first-order valence-corrected chi connectivity index (χ1v) is 9.47. The van der Waals surface area contributed by atoms with E-state index in [2.05, 4.69) is 28.6 Å². The van der Waals surface area contributed by atoms with Crippen molar-refractivity contribution in [2.75, 3.05) is 12.3 Å². The summed E-state index contributed by atoms with van der Waals surface area (Å²) in [5.74, 6) is -3.40. The lowest BCUT2D eigenvalue weighted by atomic mass is 10.0. The summed E-state index contributed by atoms with van der Waals surface area (Å²) in [5.41, 5.74) is 6.39. The van der Waals surface area contributed by atoms with Gasteiger partial charge in [-0.3, -0.25) is 19.2 Å². The Labute approximate surface area is 173 Å². The first kappa shape index (κ1) is 24.4. The molecule has 1 rings (SSSR count). The van der Waals surface area contributed by atoms with E-state index < -0.39 is 54.5 Å². The number of carbonyl (C=O) groups excluding carboxylic acids is 3. The molecule has 0 bridgehead atoms. The molecule has 0 aliphatic carbocycles. The summed E-state index contributed by atoms with van der Waals surface area (Å²) in [5, 5.41) is 25.5. The van der Waals surface area contributed by atoms with Crippen LogP contribution in [0.5, 0.6) is 0 Å². The predicted octanol–water partition coefficient (Wildman–Crippen LogP) is -1.96. The second-order valence-electron chi connectivity index (χ2n) is 6.38. The molecular formula is C18H26N4O6S. The average molecular weight is 426 g/mol. The molecule has 11 heteroatoms. The van der Waals surface area contributed by atoms with Crippen LogP contribution in [0.1, 0.15) is 12.5 Å². The fraction of sp³-hybridized carbons (Fsp3) is 0.444. The summed E-state index contributed by atoms with van der Waals surface area (Å²) in [6.07, 6.45) is -1.19. The number of carboxylic acids is 1. The zero-order valence-corrected chi connectivity index (χ0v) is 16.8. The van der Waals surface area contributed by atoms with Crippen molar-refractivity contribution in [3.8, 4) is 0 Å². The van der Waals surface area contributed by atoms with Crippen LogP contribution >= 0.6 is 12.6 Å². The van der Waals surface area contributed by atoms with Gasteiger partial charge in [0.1, 0.15) is 18.6 Å². The van der Waals surface area contributed by atoms with Crippen molar-refractivity contribution in [3.05, 3.63) is 35.9 Å². The van der Waals surface area contributed by atoms with Gasteiger partial charge in [-0.25, -0.2) is 0 Å². The minimum Gasteiger partial charge on any atom is -0.480 e. The van der Waals surface area contributed by atoms with Crippen molar-refractivity contribution >= 4 is 36.3 Å². The summed E-state index contributed by atoms with van der Waals surface area (Å²) >= 11 is 3.96. The molecule has 0 radical (unpaired) electrons. The minimum atomic E-state index is -1.41. The summed E-state index contributed by atoms with van der Waals surface area (Å²) in [6.45, 7) is 0.603. The Bertz CT molecular complexity index is 716. The molecule has 0 saturated heterocycles. The molecule has 0 fully saturated rings. The van der Waals surface area contributed by atoms with Gasteiger partial charge in [0.05, 0.1) is 12.1 Å². The van der Waals surface area contributed by atoms with Crippen molar-refractivity contribution < 1.29 is 29.4 Å². The number of thiol groups is 1. The quantitative estimate of drug-likeness (QED) is 0.201. The van der Waals surface area contributed by atoms with Gasteiger partial charge in [-0.2, -0.15) is 12.6 Å². The fourth-order valence-corrected chi connectivity index (χ4v) is 2.52. The molecule has 4 atom stereocenters. The van der Waals surface area contributed by atoms with Crippen LogP contribution in [-0.4, -0.2) is 70.4 Å². The molecule has 7 N–H and O–H groups in total. The number of nitrogens with one attached hydrogen (secondary N) is 3. The maximum Gasteiger partial charge on any atom is 0.322 e. The molecule has 0 spiro atoms. The van der Waals surface area contributed by atoms with E-state index in [0.717, 1.165) is 5.56 Å². The molecule has 0 aromatic heterocycles. The number of amides is 3. The van der Waals surface area contributed by atoms with E-state index >= 15 is 0 Å². The number of rotatable bonds is 11. The summed E-state index contributed by atoms with van der Waals surface area (Å²) in [6, 6.07) is 5.43. The van der Waals surface area contributed by atoms with Gasteiger partial charge < -0.3 is 31.9 Å². The van der Waals surface area contributed by atoms with Crippen LogP contribution in [0.3, 0.4) is 0 Å². The zero-order chi connectivity index (χ0) is 22.0. The van der Waals surface area contributed by atoms with Gasteiger partial charge >= 0.3 is 5.97 Å². The number of aliphatic hydroxyl groups excluding tert-OH is 1. The molecule has 1 aromatic carbocycles. The van der Waals surface area contributed by atoms with E-state index in [1.54, 1.807) is 30.3 Å². The minimum absolute atomic E-state index is 0.0689. The first-order valence-electron chi connectivity index (χ1n) is 8.84. The zero-order valence-electron chi connectivity index (χ0n) is 15.9. The highest BCUT2D eigenvalue weighted by Gasteiger charge is 2.30. The highest BCUT2D eigenvalue weighted by Crippen LogP contribution is 2.05. The molecule has 29 heavy (non-hydrogen) atoms. The molecule has 10 nitrogen and oxygen atoms in total. The summed E-state index contributed by atoms with van der Waals surface area (Å²) in [7, 11) is 0. The number of hydrogen-bond acceptors (Lipinski definition) is 7. The van der Waals surface area contributed by atoms with E-state index in [9.17, 15) is 24.3 Å². The SMILES string of the molecule is CC(O)C(NC(=O)C(Cc1ccccc1)NC(=O)C(N)CS)C(=O)NCC(=O)O. The molecular weight excluding hydrogens is 400 g/mol. The van der Waals surface area contributed by atoms with E-state index in [1.807, 2.05) is 0 Å². The molecule has 0 heterocycles. The van der Waals surface area contributed by atoms with Crippen LogP contribution in [0, 0.1) is 0 Å². The molecule has 0 saturated carbocycles. The number of nitrogens with two attached hydrogens (primary N) is 1. The van der Waals surface area contributed by atoms with Crippen LogP contribution in [0.25, 0.3) is 0 Å². The molecule has 0 aliphatic rings. The maximum atomic E-state index is 12.8. The van der Waals surface area contributed by atoms with Crippen molar-refractivity contribution in [2.45, 2.75) is 37.6 Å².